The molecular weight excluding hydrogens is 245 g/mol. The van der Waals surface area contributed by atoms with Gasteiger partial charge in [-0.15, -0.1) is 0 Å². The molecule has 0 saturated carbocycles. The smallest absolute Gasteiger partial charge is 0.416 e. The van der Waals surface area contributed by atoms with Crippen molar-refractivity contribution in [3.63, 3.8) is 0 Å². The second-order valence-corrected chi connectivity index (χ2v) is 3.60. The quantitative estimate of drug-likeness (QED) is 0.895. The van der Waals surface area contributed by atoms with Gasteiger partial charge in [0.1, 0.15) is 0 Å². The molecule has 6 heteroatoms. The molecule has 2 nitrogen and oxygen atoms in total. The van der Waals surface area contributed by atoms with E-state index >= 15 is 0 Å². The molecule has 1 aromatic rings. The van der Waals surface area contributed by atoms with Crippen LogP contribution in [0.25, 0.3) is 0 Å². The molecule has 16 heavy (non-hydrogen) atoms. The summed E-state index contributed by atoms with van der Waals surface area (Å²) in [4.78, 5) is 10.3. The Hall–Kier alpha value is -1.23. The van der Waals surface area contributed by atoms with Gasteiger partial charge in [0.15, 0.2) is 0 Å². The molecule has 0 aromatic heterocycles. The lowest BCUT2D eigenvalue weighted by atomic mass is 10.1. The van der Waals surface area contributed by atoms with Gasteiger partial charge >= 0.3 is 12.1 Å². The van der Waals surface area contributed by atoms with E-state index in [1.54, 1.807) is 0 Å². The van der Waals surface area contributed by atoms with Gasteiger partial charge in [0.2, 0.25) is 0 Å². The molecule has 0 atom stereocenters. The van der Waals surface area contributed by atoms with Crippen LogP contribution in [0, 0.1) is 0 Å². The molecule has 1 N–H and O–H groups in total. The van der Waals surface area contributed by atoms with Crippen LogP contribution in [0.15, 0.2) is 18.2 Å². The summed E-state index contributed by atoms with van der Waals surface area (Å²) in [7, 11) is 0. The minimum Gasteiger partial charge on any atom is -0.481 e. The maximum atomic E-state index is 12.3. The fraction of sp³-hybridized carbons (Fsp3) is 0.300. The second kappa shape index (κ2) is 4.74. The van der Waals surface area contributed by atoms with Gasteiger partial charge in [-0.3, -0.25) is 4.79 Å². The second-order valence-electron chi connectivity index (χ2n) is 3.20. The average molecular weight is 253 g/mol. The van der Waals surface area contributed by atoms with Crippen molar-refractivity contribution in [3.8, 4) is 0 Å². The molecule has 0 saturated heterocycles. The van der Waals surface area contributed by atoms with E-state index in [-0.39, 0.29) is 17.9 Å². The topological polar surface area (TPSA) is 37.3 Å². The Balaban J connectivity index is 2.88. The zero-order valence-corrected chi connectivity index (χ0v) is 8.77. The Morgan fingerprint density at radius 3 is 2.44 bits per heavy atom. The number of aryl methyl sites for hydroxylation is 1. The number of hydrogen-bond acceptors (Lipinski definition) is 1. The number of aliphatic carboxylic acids is 1. The summed E-state index contributed by atoms with van der Waals surface area (Å²) < 4.78 is 36.8. The number of carboxylic acid groups (broad SMARTS) is 1. The van der Waals surface area contributed by atoms with Crippen molar-refractivity contribution in [1.29, 1.82) is 0 Å². The van der Waals surface area contributed by atoms with E-state index in [9.17, 15) is 18.0 Å². The monoisotopic (exact) mass is 252 g/mol. The largest absolute Gasteiger partial charge is 0.481 e. The Morgan fingerprint density at radius 1 is 1.38 bits per heavy atom. The van der Waals surface area contributed by atoms with Crippen LogP contribution in [0.4, 0.5) is 13.2 Å². The van der Waals surface area contributed by atoms with Crippen LogP contribution in [0.2, 0.25) is 5.02 Å². The van der Waals surface area contributed by atoms with E-state index in [4.69, 9.17) is 16.7 Å². The Kier molecular flexibility index (Phi) is 3.80. The van der Waals surface area contributed by atoms with Gasteiger partial charge in [0.25, 0.3) is 0 Å². The summed E-state index contributed by atoms with van der Waals surface area (Å²) >= 11 is 5.63. The number of halogens is 4. The highest BCUT2D eigenvalue weighted by molar-refractivity contribution is 6.31. The van der Waals surface area contributed by atoms with Gasteiger partial charge in [-0.25, -0.2) is 0 Å². The lowest BCUT2D eigenvalue weighted by Crippen LogP contribution is -2.05. The zero-order valence-electron chi connectivity index (χ0n) is 8.01. The molecule has 1 aromatic carbocycles. The van der Waals surface area contributed by atoms with Gasteiger partial charge in [-0.05, 0) is 24.1 Å². The van der Waals surface area contributed by atoms with Crippen LogP contribution in [0.5, 0.6) is 0 Å². The molecule has 0 spiro atoms. The minimum atomic E-state index is -4.44. The summed E-state index contributed by atoms with van der Waals surface area (Å²) in [6.07, 6.45) is -4.48. The number of alkyl halides is 3. The first-order valence-corrected chi connectivity index (χ1v) is 4.76. The summed E-state index contributed by atoms with van der Waals surface area (Å²) in [5.74, 6) is -1.02. The van der Waals surface area contributed by atoms with Crippen LogP contribution < -0.4 is 0 Å². The zero-order chi connectivity index (χ0) is 12.3. The lowest BCUT2D eigenvalue weighted by Gasteiger charge is -2.09. The molecule has 0 radical (unpaired) electrons. The van der Waals surface area contributed by atoms with E-state index in [2.05, 4.69) is 0 Å². The normalized spacial score (nSPS) is 11.5. The maximum absolute atomic E-state index is 12.3. The molecular formula is C10H8ClF3O2. The predicted octanol–water partition coefficient (Wildman–Crippen LogP) is 3.38. The first-order valence-electron chi connectivity index (χ1n) is 4.38. The Labute approximate surface area is 94.6 Å². The van der Waals surface area contributed by atoms with Crippen molar-refractivity contribution in [2.45, 2.75) is 19.0 Å². The Bertz CT molecular complexity index is 402. The molecule has 0 fully saturated rings. The molecule has 0 aliphatic carbocycles. The molecule has 0 bridgehead atoms. The number of carbonyl (C=O) groups is 1. The highest BCUT2D eigenvalue weighted by Crippen LogP contribution is 2.32. The first-order chi connectivity index (χ1) is 7.30. The van der Waals surface area contributed by atoms with Gasteiger partial charge < -0.3 is 5.11 Å². The number of benzene rings is 1. The molecule has 88 valence electrons. The minimum absolute atomic E-state index is 0.0592. The summed E-state index contributed by atoms with van der Waals surface area (Å²) in [6.45, 7) is 0. The van der Waals surface area contributed by atoms with Gasteiger partial charge in [-0.2, -0.15) is 13.2 Å². The highest BCUT2D eigenvalue weighted by Gasteiger charge is 2.30. The fourth-order valence-electron chi connectivity index (χ4n) is 1.17. The summed E-state index contributed by atoms with van der Waals surface area (Å²) in [6, 6.07) is 2.90. The fourth-order valence-corrected chi connectivity index (χ4v) is 1.44. The van der Waals surface area contributed by atoms with E-state index in [1.807, 2.05) is 0 Å². The van der Waals surface area contributed by atoms with Gasteiger partial charge in [-0.1, -0.05) is 17.7 Å². The molecule has 0 aliphatic heterocycles. The van der Waals surface area contributed by atoms with E-state index in [0.29, 0.717) is 5.56 Å². The van der Waals surface area contributed by atoms with E-state index in [0.717, 1.165) is 12.1 Å². The van der Waals surface area contributed by atoms with Crippen LogP contribution in [-0.4, -0.2) is 11.1 Å². The third-order valence-electron chi connectivity index (χ3n) is 1.99. The molecule has 1 rings (SSSR count). The predicted molar refractivity (Wildman–Crippen MR) is 52.4 cm³/mol. The highest BCUT2D eigenvalue weighted by atomic mass is 35.5. The van der Waals surface area contributed by atoms with Crippen LogP contribution in [-0.2, 0) is 17.4 Å². The number of hydrogen-bond donors (Lipinski definition) is 1. The maximum Gasteiger partial charge on any atom is 0.416 e. The number of rotatable bonds is 3. The van der Waals surface area contributed by atoms with Crippen molar-refractivity contribution in [2.24, 2.45) is 0 Å². The van der Waals surface area contributed by atoms with Crippen LogP contribution in [0.3, 0.4) is 0 Å². The molecule has 0 aliphatic rings. The van der Waals surface area contributed by atoms with Crippen molar-refractivity contribution in [2.75, 3.05) is 0 Å². The Morgan fingerprint density at radius 2 is 2.00 bits per heavy atom. The summed E-state index contributed by atoms with van der Waals surface area (Å²) in [5, 5.41) is 8.37. The average Bonchev–Trinajstić information content (AvgIpc) is 2.14. The molecule has 0 amide bonds. The SMILES string of the molecule is O=C(O)CCc1ccc(C(F)(F)F)cc1Cl. The van der Waals surface area contributed by atoms with Crippen LogP contribution >= 0.6 is 11.6 Å². The molecule has 0 heterocycles. The van der Waals surface area contributed by atoms with Crippen molar-refractivity contribution in [3.05, 3.63) is 34.3 Å². The third-order valence-corrected chi connectivity index (χ3v) is 2.34. The standard InChI is InChI=1S/C10H8ClF3O2/c11-8-5-7(10(12,13)14)3-1-6(8)2-4-9(15)16/h1,3,5H,2,4H2,(H,15,16). The van der Waals surface area contributed by atoms with Gasteiger partial charge in [0, 0.05) is 11.4 Å². The third kappa shape index (κ3) is 3.41. The first kappa shape index (κ1) is 12.8. The van der Waals surface area contributed by atoms with Gasteiger partial charge in [0.05, 0.1) is 5.56 Å². The molecule has 0 unspecified atom stereocenters. The van der Waals surface area contributed by atoms with Crippen molar-refractivity contribution >= 4 is 17.6 Å². The van der Waals surface area contributed by atoms with E-state index < -0.39 is 17.7 Å². The van der Waals surface area contributed by atoms with Crippen LogP contribution in [0.1, 0.15) is 17.5 Å². The van der Waals surface area contributed by atoms with Crippen molar-refractivity contribution in [1.82, 2.24) is 0 Å². The lowest BCUT2D eigenvalue weighted by molar-refractivity contribution is -0.138. The van der Waals surface area contributed by atoms with Crippen molar-refractivity contribution < 1.29 is 23.1 Å². The summed E-state index contributed by atoms with van der Waals surface area (Å²) in [5.41, 5.74) is -0.436. The van der Waals surface area contributed by atoms with E-state index in [1.165, 1.54) is 6.07 Å². The number of carboxylic acids is 1.